The van der Waals surface area contributed by atoms with Crippen molar-refractivity contribution in [2.45, 2.75) is 38.5 Å². The van der Waals surface area contributed by atoms with Crippen LogP contribution in [-0.4, -0.2) is 29.1 Å². The Balaban J connectivity index is 0.000000149. The highest BCUT2D eigenvalue weighted by Gasteiger charge is 2.39. The second-order valence-corrected chi connectivity index (χ2v) is 38.0. The minimum absolute atomic E-state index is 0.185. The predicted molar refractivity (Wildman–Crippen MR) is 592 cm³/mol. The van der Waals surface area contributed by atoms with Crippen LogP contribution in [0.15, 0.2) is 510 Å². The lowest BCUT2D eigenvalue weighted by molar-refractivity contribution is 0.661. The maximum atomic E-state index is 5.41. The molecule has 2 aliphatic carbocycles. The van der Waals surface area contributed by atoms with Gasteiger partial charge < -0.3 is 9.80 Å². The summed E-state index contributed by atoms with van der Waals surface area (Å²) in [5.74, 6) is 1.28. The van der Waals surface area contributed by atoms with E-state index in [-0.39, 0.29) is 10.8 Å². The first kappa shape index (κ1) is 85.4. The van der Waals surface area contributed by atoms with Crippen LogP contribution < -0.4 is 9.80 Å². The number of hydrogen-bond donors (Lipinski definition) is 0. The highest BCUT2D eigenvalue weighted by molar-refractivity contribution is 6.15. The van der Waals surface area contributed by atoms with E-state index in [2.05, 4.69) is 544 Å². The van der Waals surface area contributed by atoms with Gasteiger partial charge in [-0.1, -0.05) is 416 Å². The third kappa shape index (κ3) is 15.4. The van der Waals surface area contributed by atoms with Crippen molar-refractivity contribution in [2.75, 3.05) is 9.80 Å². The molecule has 20 aromatic carbocycles. The van der Waals surface area contributed by atoms with Gasteiger partial charge in [0, 0.05) is 88.5 Å². The Kier molecular flexibility index (Phi) is 21.5. The highest BCUT2D eigenvalue weighted by atomic mass is 15.2. The van der Waals surface area contributed by atoms with Crippen LogP contribution in [0.4, 0.5) is 34.1 Å². The summed E-state index contributed by atoms with van der Waals surface area (Å²) in [6, 6.07) is 183. The van der Waals surface area contributed by atoms with Crippen molar-refractivity contribution in [3.8, 4) is 146 Å². The summed E-state index contributed by atoms with van der Waals surface area (Å²) < 4.78 is 4.59. The molecule has 0 unspecified atom stereocenters. The van der Waals surface area contributed by atoms with Crippen molar-refractivity contribution in [2.24, 2.45) is 0 Å². The summed E-state index contributed by atoms with van der Waals surface area (Å²) in [5.41, 5.74) is 42.5. The van der Waals surface area contributed by atoms with Gasteiger partial charge in [0.05, 0.1) is 56.2 Å². The molecule has 142 heavy (non-hydrogen) atoms. The van der Waals surface area contributed by atoms with Crippen LogP contribution in [0, 0.1) is 0 Å². The van der Waals surface area contributed by atoms with E-state index in [4.69, 9.17) is 19.9 Å². The van der Waals surface area contributed by atoms with Crippen LogP contribution in [0.2, 0.25) is 0 Å². The van der Waals surface area contributed by atoms with Crippen LogP contribution in [0.1, 0.15) is 49.9 Å². The van der Waals surface area contributed by atoms with E-state index < -0.39 is 0 Å². The maximum Gasteiger partial charge on any atom is 0.235 e. The number of hydrogen-bond acceptors (Lipinski definition) is 6. The lowest BCUT2D eigenvalue weighted by Crippen LogP contribution is -2.15. The molecule has 0 saturated carbocycles. The first-order chi connectivity index (χ1) is 69.9. The molecule has 24 aromatic rings. The third-order valence-electron chi connectivity index (χ3n) is 28.9. The molecule has 4 aromatic heterocycles. The number of rotatable bonds is 18. The molecule has 2 aliphatic rings. The zero-order chi connectivity index (χ0) is 94.9. The molecule has 0 saturated heterocycles. The van der Waals surface area contributed by atoms with Gasteiger partial charge in [-0.15, -0.1) is 0 Å². The SMILES string of the molecule is CC1(C)c2ccccc2-c2cc3c4cc(-c5ccc(N(c6ccc(-c7ccccc7)cc6)c6ccccc6-c6ccccc6)cc5)ccc4n(-c4nc(-c5ccccc5)cc(-c5ccccc5)n4)c3cc21.CC1(C)c2ccccc2-c2cc3c4cc(-c5cccc(N(c6ccc(-c7ccccc7)cc6)c6ccccc6-c6ccccc6)c5)ccc4n(-c4nc(-c5ccccc5)cc(-c5ccccc5)n4)c3cc21. The monoisotopic (exact) mass is 1820 g/mol. The summed E-state index contributed by atoms with van der Waals surface area (Å²) in [4.78, 5) is 26.4. The molecule has 672 valence electrons. The fourth-order valence-electron chi connectivity index (χ4n) is 21.7. The number of nitrogens with zero attached hydrogens (tertiary/aromatic N) is 8. The van der Waals surface area contributed by atoms with Crippen molar-refractivity contribution in [1.29, 1.82) is 0 Å². The van der Waals surface area contributed by atoms with Crippen LogP contribution >= 0.6 is 0 Å². The van der Waals surface area contributed by atoms with Gasteiger partial charge >= 0.3 is 0 Å². The minimum atomic E-state index is -0.193. The molecule has 0 amide bonds. The van der Waals surface area contributed by atoms with E-state index >= 15 is 0 Å². The molecule has 0 spiro atoms. The van der Waals surface area contributed by atoms with Crippen molar-refractivity contribution >= 4 is 77.7 Å². The van der Waals surface area contributed by atoms with E-state index in [1.54, 1.807) is 0 Å². The van der Waals surface area contributed by atoms with Crippen LogP contribution in [0.5, 0.6) is 0 Å². The molecular weight excluding hydrogens is 1720 g/mol. The second-order valence-electron chi connectivity index (χ2n) is 38.0. The Hall–Kier alpha value is -18.2. The first-order valence-electron chi connectivity index (χ1n) is 48.8. The summed E-state index contributed by atoms with van der Waals surface area (Å²) in [5, 5.41) is 4.63. The number of fused-ring (bicyclic) bond motifs is 12. The van der Waals surface area contributed by atoms with Gasteiger partial charge in [-0.05, 0) is 221 Å². The Morgan fingerprint density at radius 3 is 0.789 bits per heavy atom. The maximum absolute atomic E-state index is 5.41. The molecule has 4 heterocycles. The fraction of sp³-hybridized carbons (Fsp3) is 0.0448. The molecule has 0 N–H and O–H groups in total. The average molecular weight is 1820 g/mol. The van der Waals surface area contributed by atoms with Gasteiger partial charge in [-0.3, -0.25) is 9.13 Å². The Morgan fingerprint density at radius 1 is 0.169 bits per heavy atom. The van der Waals surface area contributed by atoms with Gasteiger partial charge in [0.25, 0.3) is 0 Å². The quantitative estimate of drug-likeness (QED) is 0.0853. The van der Waals surface area contributed by atoms with Crippen LogP contribution in [0.25, 0.3) is 190 Å². The van der Waals surface area contributed by atoms with Crippen LogP contribution in [0.3, 0.4) is 0 Å². The van der Waals surface area contributed by atoms with Crippen molar-refractivity contribution in [1.82, 2.24) is 29.1 Å². The topological polar surface area (TPSA) is 67.9 Å². The van der Waals surface area contributed by atoms with Crippen molar-refractivity contribution < 1.29 is 0 Å². The predicted octanol–water partition coefficient (Wildman–Crippen LogP) is 35.4. The summed E-state index contributed by atoms with van der Waals surface area (Å²) in [6.07, 6.45) is 0. The lowest BCUT2D eigenvalue weighted by Gasteiger charge is -2.28. The molecule has 8 heteroatoms. The number of aromatic nitrogens is 6. The lowest BCUT2D eigenvalue weighted by atomic mass is 9.82. The Labute approximate surface area is 827 Å². The molecule has 0 bridgehead atoms. The zero-order valence-corrected chi connectivity index (χ0v) is 79.1. The van der Waals surface area contributed by atoms with E-state index in [1.165, 1.54) is 83.3 Å². The van der Waals surface area contributed by atoms with Gasteiger partial charge in [-0.25, -0.2) is 19.9 Å². The largest absolute Gasteiger partial charge is 0.310 e. The first-order valence-corrected chi connectivity index (χ1v) is 48.8. The average Bonchev–Trinajstić information content (AvgIpc) is 1.55. The Morgan fingerprint density at radius 2 is 0.430 bits per heavy atom. The molecule has 8 nitrogen and oxygen atoms in total. The Bertz CT molecular complexity index is 8780. The third-order valence-corrected chi connectivity index (χ3v) is 28.9. The minimum Gasteiger partial charge on any atom is -0.310 e. The highest BCUT2D eigenvalue weighted by Crippen LogP contribution is 2.55. The van der Waals surface area contributed by atoms with Gasteiger partial charge in [0.2, 0.25) is 11.9 Å². The fourth-order valence-corrected chi connectivity index (χ4v) is 21.7. The summed E-state index contributed by atoms with van der Waals surface area (Å²) in [7, 11) is 0. The molecule has 0 fully saturated rings. The molecule has 0 atom stereocenters. The summed E-state index contributed by atoms with van der Waals surface area (Å²) in [6.45, 7) is 9.39. The number of anilines is 6. The molecule has 26 rings (SSSR count). The van der Waals surface area contributed by atoms with Gasteiger partial charge in [-0.2, -0.15) is 0 Å². The van der Waals surface area contributed by atoms with E-state index in [1.807, 2.05) is 12.1 Å². The standard InChI is InChI=1S/2C67H48N4/c1-67(2)59-32-17-15-31-55(59)56-42-58-57-41-51(36-39-64(57)71(65(58)43-60(56)67)66-68-61(48-24-11-5-12-25-48)44-62(69-66)49-26-13-6-14-27-49)50-28-19-29-53(40-50)70(52-37-34-46(35-38-52)45-20-7-3-8-21-45)63-33-18-16-30-54(63)47-22-9-4-10-23-47;1-67(2)59-29-17-15-28-55(59)56-42-58-57-41-51(35-40-64(57)71(65(58)43-60(56)67)66-68-61(49-23-11-5-12-24-49)44-62(69-66)50-25-13-6-14-26-50)47-33-38-53(39-34-47)70(52-36-31-46(32-37-52)45-19-7-3-8-20-45)63-30-18-16-27-54(63)48-21-9-4-10-22-48/h2*3-44H,1-2H3. The van der Waals surface area contributed by atoms with Crippen molar-refractivity contribution in [3.05, 3.63) is 532 Å². The molecule has 0 radical (unpaired) electrons. The van der Waals surface area contributed by atoms with E-state index in [0.717, 1.165) is 151 Å². The summed E-state index contributed by atoms with van der Waals surface area (Å²) >= 11 is 0. The number of benzene rings is 20. The smallest absolute Gasteiger partial charge is 0.235 e. The molecular formula is C134H96N8. The van der Waals surface area contributed by atoms with E-state index in [9.17, 15) is 0 Å². The second kappa shape index (κ2) is 35.7. The van der Waals surface area contributed by atoms with E-state index in [0.29, 0.717) is 11.9 Å². The normalized spacial score (nSPS) is 12.5. The van der Waals surface area contributed by atoms with Gasteiger partial charge in [0.15, 0.2) is 0 Å². The zero-order valence-electron chi connectivity index (χ0n) is 79.1. The van der Waals surface area contributed by atoms with Crippen LogP contribution in [-0.2, 0) is 10.8 Å². The molecule has 0 aliphatic heterocycles. The van der Waals surface area contributed by atoms with Crippen molar-refractivity contribution in [3.63, 3.8) is 0 Å². The number of para-hydroxylation sites is 2. The van der Waals surface area contributed by atoms with Gasteiger partial charge in [0.1, 0.15) is 0 Å².